The molecule has 0 radical (unpaired) electrons. The van der Waals surface area contributed by atoms with Crippen molar-refractivity contribution in [2.75, 3.05) is 0 Å². The van der Waals surface area contributed by atoms with Crippen molar-refractivity contribution in [3.63, 3.8) is 0 Å². The molecule has 0 aliphatic rings. The third kappa shape index (κ3) is 2.21. The van der Waals surface area contributed by atoms with Crippen molar-refractivity contribution in [1.82, 2.24) is 4.98 Å². The number of H-pyrrole nitrogens is 1. The Morgan fingerprint density at radius 3 is 2.33 bits per heavy atom. The summed E-state index contributed by atoms with van der Waals surface area (Å²) in [6.07, 6.45) is -2.06. The molecule has 3 N–H and O–H groups in total. The van der Waals surface area contributed by atoms with E-state index in [1.807, 2.05) is 4.98 Å². The van der Waals surface area contributed by atoms with Gasteiger partial charge in [-0.2, -0.15) is 0 Å². The number of aromatic amines is 1. The molecule has 5 nitrogen and oxygen atoms in total. The zero-order valence-electron chi connectivity index (χ0n) is 7.62. The van der Waals surface area contributed by atoms with E-state index in [4.69, 9.17) is 0 Å². The molecule has 0 amide bonds. The van der Waals surface area contributed by atoms with Crippen LogP contribution in [0.25, 0.3) is 0 Å². The third-order valence-corrected chi connectivity index (χ3v) is 2.77. The summed E-state index contributed by atoms with van der Waals surface area (Å²) < 4.78 is 47.0. The number of aromatic nitrogens is 1. The topological polar surface area (TPSA) is 93.0 Å². The average Bonchev–Trinajstić information content (AvgIpc) is 2.05. The normalized spacial score (nSPS) is 12.1. The van der Waals surface area contributed by atoms with E-state index >= 15 is 0 Å². The molecule has 0 fully saturated rings. The Morgan fingerprint density at radius 2 is 2.00 bits per heavy atom. The maximum Gasteiger partial charge on any atom is 0.268 e. The molecular weight excluding hydrogens is 230 g/mol. The van der Waals surface area contributed by atoms with Gasteiger partial charge in [-0.15, -0.1) is 0 Å². The summed E-state index contributed by atoms with van der Waals surface area (Å²) in [4.78, 5) is 12.0. The van der Waals surface area contributed by atoms with E-state index in [1.54, 1.807) is 0 Å². The van der Waals surface area contributed by atoms with E-state index in [0.29, 0.717) is 0 Å². The van der Waals surface area contributed by atoms with E-state index in [1.165, 1.54) is 6.92 Å². The summed E-state index contributed by atoms with van der Waals surface area (Å²) in [6, 6.07) is 0. The third-order valence-electron chi connectivity index (χ3n) is 1.80. The van der Waals surface area contributed by atoms with Crippen LogP contribution in [0, 0.1) is 6.92 Å². The van der Waals surface area contributed by atoms with Crippen molar-refractivity contribution in [3.05, 3.63) is 27.7 Å². The molecule has 1 rings (SSSR count). The molecule has 0 bridgehead atoms. The Morgan fingerprint density at radius 1 is 1.47 bits per heavy atom. The molecule has 0 atom stereocenters. The number of alkyl halides is 2. The Labute approximate surface area is 84.0 Å². The number of halogens is 2. The highest BCUT2D eigenvalue weighted by Gasteiger charge is 2.26. The molecule has 1 aromatic heterocycles. The van der Waals surface area contributed by atoms with Crippen LogP contribution in [0.4, 0.5) is 8.78 Å². The predicted molar refractivity (Wildman–Crippen MR) is 48.1 cm³/mol. The van der Waals surface area contributed by atoms with Crippen molar-refractivity contribution in [3.8, 4) is 0 Å². The van der Waals surface area contributed by atoms with Crippen LogP contribution in [-0.2, 0) is 10.0 Å². The molecule has 0 spiro atoms. The Bertz CT molecular complexity index is 536. The minimum Gasteiger partial charge on any atom is -0.328 e. The standard InChI is InChI=1S/C7H8F2N2O3S/c1-3-2-11-7(12)5(15(10,13)14)4(3)6(8)9/h2,6H,1H3,(H,11,12)(H2,10,13,14). The van der Waals surface area contributed by atoms with E-state index in [9.17, 15) is 22.0 Å². The molecule has 1 aromatic rings. The highest BCUT2D eigenvalue weighted by atomic mass is 32.2. The second-order valence-electron chi connectivity index (χ2n) is 2.89. The number of primary sulfonamides is 1. The number of pyridine rings is 1. The maximum absolute atomic E-state index is 12.5. The Balaban J connectivity index is 3.77. The van der Waals surface area contributed by atoms with Gasteiger partial charge in [0.15, 0.2) is 4.90 Å². The van der Waals surface area contributed by atoms with Gasteiger partial charge in [0.05, 0.1) is 0 Å². The molecule has 84 valence electrons. The van der Waals surface area contributed by atoms with Crippen LogP contribution in [0.5, 0.6) is 0 Å². The van der Waals surface area contributed by atoms with Gasteiger partial charge in [-0.25, -0.2) is 22.3 Å². The van der Waals surface area contributed by atoms with Crippen LogP contribution < -0.4 is 10.7 Å². The van der Waals surface area contributed by atoms with Gasteiger partial charge in [0.25, 0.3) is 12.0 Å². The number of rotatable bonds is 2. The Kier molecular flexibility index (Phi) is 2.91. The van der Waals surface area contributed by atoms with E-state index in [2.05, 4.69) is 5.14 Å². The highest BCUT2D eigenvalue weighted by molar-refractivity contribution is 7.89. The molecule has 0 aliphatic carbocycles. The molecule has 0 unspecified atom stereocenters. The fourth-order valence-electron chi connectivity index (χ4n) is 1.17. The second kappa shape index (κ2) is 3.70. The minimum absolute atomic E-state index is 0.0337. The largest absolute Gasteiger partial charge is 0.328 e. The smallest absolute Gasteiger partial charge is 0.268 e. The zero-order valence-corrected chi connectivity index (χ0v) is 8.44. The summed E-state index contributed by atoms with van der Waals surface area (Å²) in [5.74, 6) is 0. The lowest BCUT2D eigenvalue weighted by Gasteiger charge is -2.08. The van der Waals surface area contributed by atoms with Crippen molar-refractivity contribution < 1.29 is 17.2 Å². The first-order valence-electron chi connectivity index (χ1n) is 3.78. The molecule has 0 aromatic carbocycles. The fourth-order valence-corrected chi connectivity index (χ4v) is 2.05. The van der Waals surface area contributed by atoms with Gasteiger partial charge in [0.1, 0.15) is 0 Å². The lowest BCUT2D eigenvalue weighted by molar-refractivity contribution is 0.146. The van der Waals surface area contributed by atoms with Crippen LogP contribution in [0.3, 0.4) is 0 Å². The summed E-state index contributed by atoms with van der Waals surface area (Å²) in [6.45, 7) is 1.26. The number of nitrogens with one attached hydrogen (secondary N) is 1. The van der Waals surface area contributed by atoms with Gasteiger partial charge in [-0.05, 0) is 12.5 Å². The summed E-state index contributed by atoms with van der Waals surface area (Å²) in [7, 11) is -4.46. The first-order chi connectivity index (χ1) is 6.75. The molecule has 0 saturated heterocycles. The first kappa shape index (κ1) is 11.8. The minimum atomic E-state index is -4.46. The van der Waals surface area contributed by atoms with E-state index in [-0.39, 0.29) is 5.56 Å². The number of aryl methyl sites for hydroxylation is 1. The van der Waals surface area contributed by atoms with Crippen molar-refractivity contribution in [2.24, 2.45) is 5.14 Å². The molecule has 15 heavy (non-hydrogen) atoms. The summed E-state index contributed by atoms with van der Waals surface area (Å²) in [5.41, 5.74) is -2.02. The van der Waals surface area contributed by atoms with Gasteiger partial charge < -0.3 is 4.98 Å². The average molecular weight is 238 g/mol. The quantitative estimate of drug-likeness (QED) is 0.774. The molecule has 0 saturated carbocycles. The number of sulfonamides is 1. The number of hydrogen-bond donors (Lipinski definition) is 2. The van der Waals surface area contributed by atoms with Gasteiger partial charge in [0, 0.05) is 11.8 Å². The highest BCUT2D eigenvalue weighted by Crippen LogP contribution is 2.25. The number of hydrogen-bond acceptors (Lipinski definition) is 3. The van der Waals surface area contributed by atoms with E-state index < -0.39 is 32.5 Å². The second-order valence-corrected chi connectivity index (χ2v) is 4.39. The fraction of sp³-hybridized carbons (Fsp3) is 0.286. The lowest BCUT2D eigenvalue weighted by Crippen LogP contribution is -2.26. The first-order valence-corrected chi connectivity index (χ1v) is 5.33. The lowest BCUT2D eigenvalue weighted by atomic mass is 10.2. The zero-order chi connectivity index (χ0) is 11.8. The SMILES string of the molecule is Cc1c[nH]c(=O)c(S(N)(=O)=O)c1C(F)F. The summed E-state index contributed by atoms with van der Waals surface area (Å²) in [5, 5.41) is 4.68. The van der Waals surface area contributed by atoms with Crippen LogP contribution in [0.2, 0.25) is 0 Å². The van der Waals surface area contributed by atoms with Crippen molar-refractivity contribution in [1.29, 1.82) is 0 Å². The van der Waals surface area contributed by atoms with Crippen molar-refractivity contribution >= 4 is 10.0 Å². The van der Waals surface area contributed by atoms with E-state index in [0.717, 1.165) is 6.20 Å². The van der Waals surface area contributed by atoms with Gasteiger partial charge in [-0.1, -0.05) is 0 Å². The number of nitrogens with two attached hydrogens (primary N) is 1. The van der Waals surface area contributed by atoms with Gasteiger partial charge in [0.2, 0.25) is 10.0 Å². The molecular formula is C7H8F2N2O3S. The van der Waals surface area contributed by atoms with Gasteiger partial charge >= 0.3 is 0 Å². The monoisotopic (exact) mass is 238 g/mol. The summed E-state index contributed by atoms with van der Waals surface area (Å²) >= 11 is 0. The molecule has 8 heteroatoms. The van der Waals surface area contributed by atoms with Gasteiger partial charge in [-0.3, -0.25) is 4.79 Å². The van der Waals surface area contributed by atoms with Crippen LogP contribution in [-0.4, -0.2) is 13.4 Å². The molecule has 0 aliphatic heterocycles. The predicted octanol–water partition coefficient (Wildman–Crippen LogP) is 0.268. The molecule has 1 heterocycles. The Hall–Kier alpha value is -1.28. The van der Waals surface area contributed by atoms with Crippen LogP contribution >= 0.6 is 0 Å². The van der Waals surface area contributed by atoms with Crippen LogP contribution in [0.15, 0.2) is 15.9 Å². The maximum atomic E-state index is 12.5. The van der Waals surface area contributed by atoms with Crippen molar-refractivity contribution in [2.45, 2.75) is 18.2 Å². The van der Waals surface area contributed by atoms with Crippen LogP contribution in [0.1, 0.15) is 17.6 Å².